The molecule has 0 fully saturated rings. The van der Waals surface area contributed by atoms with E-state index in [1.54, 1.807) is 24.4 Å². The molecule has 2 N–H and O–H groups in total. The number of hydrogen-bond donors (Lipinski definition) is 2. The molecule has 1 aromatic heterocycles. The van der Waals surface area contributed by atoms with Crippen molar-refractivity contribution in [3.63, 3.8) is 0 Å². The number of rotatable bonds is 5. The van der Waals surface area contributed by atoms with Crippen molar-refractivity contribution in [2.24, 2.45) is 0 Å². The van der Waals surface area contributed by atoms with Gasteiger partial charge in [-0.15, -0.1) is 0 Å². The summed E-state index contributed by atoms with van der Waals surface area (Å²) in [6, 6.07) is 13.5. The van der Waals surface area contributed by atoms with Crippen molar-refractivity contribution in [2.75, 3.05) is 5.32 Å². The Morgan fingerprint density at radius 1 is 1.11 bits per heavy atom. The van der Waals surface area contributed by atoms with E-state index in [0.29, 0.717) is 11.2 Å². The van der Waals surface area contributed by atoms with Gasteiger partial charge in [-0.2, -0.15) is 0 Å². The van der Waals surface area contributed by atoms with Crippen molar-refractivity contribution in [3.8, 4) is 0 Å². The van der Waals surface area contributed by atoms with Gasteiger partial charge in [0, 0.05) is 29.3 Å². The molecule has 2 amide bonds. The molecule has 0 bridgehead atoms. The van der Waals surface area contributed by atoms with Crippen LogP contribution in [0.25, 0.3) is 10.9 Å². The first-order valence-electron chi connectivity index (χ1n) is 8.15. The maximum atomic E-state index is 12.4. The van der Waals surface area contributed by atoms with E-state index in [0.717, 1.165) is 11.5 Å². The van der Waals surface area contributed by atoms with E-state index in [-0.39, 0.29) is 11.3 Å². The molecule has 0 aliphatic rings. The molecule has 3 rings (SSSR count). The van der Waals surface area contributed by atoms with Gasteiger partial charge < -0.3 is 10.6 Å². The van der Waals surface area contributed by atoms with Gasteiger partial charge in [0.15, 0.2) is 0 Å². The Kier molecular flexibility index (Phi) is 5.07. The van der Waals surface area contributed by atoms with Gasteiger partial charge in [0.2, 0.25) is 5.91 Å². The molecule has 0 aliphatic carbocycles. The Bertz CT molecular complexity index is 1030. The molecule has 0 radical (unpaired) electrons. The molecule has 0 saturated carbocycles. The third kappa shape index (κ3) is 4.06. The van der Waals surface area contributed by atoms with Crippen molar-refractivity contribution >= 4 is 34.1 Å². The Hall–Kier alpha value is -3.81. The first-order chi connectivity index (χ1) is 13.0. The lowest BCUT2D eigenvalue weighted by molar-refractivity contribution is -0.384. The number of pyridine rings is 1. The molecule has 136 valence electrons. The van der Waals surface area contributed by atoms with E-state index in [1.807, 2.05) is 12.1 Å². The Balaban J connectivity index is 1.71. The van der Waals surface area contributed by atoms with Gasteiger partial charge in [0.1, 0.15) is 6.04 Å². The number of para-hydroxylation sites is 1. The largest absolute Gasteiger partial charge is 0.341 e. The van der Waals surface area contributed by atoms with Crippen molar-refractivity contribution in [1.82, 2.24) is 10.3 Å². The molecular weight excluding hydrogens is 348 g/mol. The van der Waals surface area contributed by atoms with Crippen LogP contribution in [-0.2, 0) is 4.79 Å². The topological polar surface area (TPSA) is 114 Å². The fourth-order valence-corrected chi connectivity index (χ4v) is 2.55. The average molecular weight is 364 g/mol. The Morgan fingerprint density at radius 2 is 1.85 bits per heavy atom. The molecule has 8 nitrogen and oxygen atoms in total. The second kappa shape index (κ2) is 7.61. The molecule has 0 saturated heterocycles. The fourth-order valence-electron chi connectivity index (χ4n) is 2.55. The summed E-state index contributed by atoms with van der Waals surface area (Å²) in [5.74, 6) is -0.996. The minimum Gasteiger partial charge on any atom is -0.341 e. The molecule has 27 heavy (non-hydrogen) atoms. The van der Waals surface area contributed by atoms with Crippen LogP contribution in [0.1, 0.15) is 17.3 Å². The van der Waals surface area contributed by atoms with Crippen molar-refractivity contribution in [3.05, 3.63) is 76.5 Å². The fraction of sp³-hybridized carbons (Fsp3) is 0.105. The molecule has 1 atom stereocenters. The maximum Gasteiger partial charge on any atom is 0.270 e. The number of non-ortho nitro benzene ring substituents is 1. The highest BCUT2D eigenvalue weighted by molar-refractivity contribution is 6.04. The summed E-state index contributed by atoms with van der Waals surface area (Å²) >= 11 is 0. The summed E-state index contributed by atoms with van der Waals surface area (Å²) in [6.07, 6.45) is 1.63. The highest BCUT2D eigenvalue weighted by Crippen LogP contribution is 2.20. The number of nitro benzene ring substituents is 1. The zero-order valence-corrected chi connectivity index (χ0v) is 14.4. The van der Waals surface area contributed by atoms with Crippen LogP contribution in [0.4, 0.5) is 11.4 Å². The molecule has 3 aromatic rings. The lowest BCUT2D eigenvalue weighted by Crippen LogP contribution is -2.41. The number of hydrogen-bond acceptors (Lipinski definition) is 5. The van der Waals surface area contributed by atoms with Gasteiger partial charge in [-0.3, -0.25) is 24.7 Å². The predicted octanol–water partition coefficient (Wildman–Crippen LogP) is 2.90. The quantitative estimate of drug-likeness (QED) is 0.534. The summed E-state index contributed by atoms with van der Waals surface area (Å²) in [4.78, 5) is 39.2. The van der Waals surface area contributed by atoms with E-state index in [2.05, 4.69) is 15.6 Å². The smallest absolute Gasteiger partial charge is 0.270 e. The van der Waals surface area contributed by atoms with Crippen LogP contribution >= 0.6 is 0 Å². The van der Waals surface area contributed by atoms with Gasteiger partial charge in [-0.05, 0) is 25.1 Å². The van der Waals surface area contributed by atoms with Gasteiger partial charge in [0.05, 0.1) is 16.1 Å². The van der Waals surface area contributed by atoms with E-state index in [9.17, 15) is 19.7 Å². The van der Waals surface area contributed by atoms with Gasteiger partial charge >= 0.3 is 0 Å². The number of aromatic nitrogens is 1. The summed E-state index contributed by atoms with van der Waals surface area (Å²) in [6.45, 7) is 1.53. The normalized spacial score (nSPS) is 11.6. The van der Waals surface area contributed by atoms with E-state index in [4.69, 9.17) is 0 Å². The number of carbonyl (C=O) groups excluding carboxylic acids is 2. The summed E-state index contributed by atoms with van der Waals surface area (Å²) < 4.78 is 0. The third-order valence-corrected chi connectivity index (χ3v) is 3.95. The predicted molar refractivity (Wildman–Crippen MR) is 100 cm³/mol. The summed E-state index contributed by atoms with van der Waals surface area (Å²) in [5.41, 5.74) is 1.09. The van der Waals surface area contributed by atoms with Crippen LogP contribution in [-0.4, -0.2) is 27.8 Å². The molecule has 1 heterocycles. The zero-order chi connectivity index (χ0) is 19.4. The van der Waals surface area contributed by atoms with Crippen LogP contribution in [0, 0.1) is 10.1 Å². The van der Waals surface area contributed by atoms with Crippen molar-refractivity contribution in [2.45, 2.75) is 13.0 Å². The lowest BCUT2D eigenvalue weighted by atomic mass is 10.1. The second-order valence-corrected chi connectivity index (χ2v) is 5.87. The first-order valence-corrected chi connectivity index (χ1v) is 8.15. The summed E-state index contributed by atoms with van der Waals surface area (Å²) in [7, 11) is 0. The van der Waals surface area contributed by atoms with Crippen LogP contribution in [0.5, 0.6) is 0 Å². The monoisotopic (exact) mass is 364 g/mol. The minimum atomic E-state index is -0.851. The summed E-state index contributed by atoms with van der Waals surface area (Å²) in [5, 5.41) is 17.0. The maximum absolute atomic E-state index is 12.4. The van der Waals surface area contributed by atoms with Crippen molar-refractivity contribution < 1.29 is 14.5 Å². The van der Waals surface area contributed by atoms with Crippen LogP contribution in [0.3, 0.4) is 0 Å². The average Bonchev–Trinajstić information content (AvgIpc) is 2.68. The van der Waals surface area contributed by atoms with E-state index < -0.39 is 22.8 Å². The number of carbonyl (C=O) groups is 2. The molecule has 2 aromatic carbocycles. The SMILES string of the molecule is CC(NC(=O)c1cccc([N+](=O)[O-])c1)C(=O)Nc1cccc2cccnc12. The molecule has 0 spiro atoms. The number of fused-ring (bicyclic) bond motifs is 1. The molecule has 8 heteroatoms. The lowest BCUT2D eigenvalue weighted by Gasteiger charge is -2.15. The van der Waals surface area contributed by atoms with E-state index in [1.165, 1.54) is 25.1 Å². The highest BCUT2D eigenvalue weighted by Gasteiger charge is 2.19. The van der Waals surface area contributed by atoms with Gasteiger partial charge in [0.25, 0.3) is 11.6 Å². The zero-order valence-electron chi connectivity index (χ0n) is 14.4. The van der Waals surface area contributed by atoms with Crippen LogP contribution < -0.4 is 10.6 Å². The van der Waals surface area contributed by atoms with Gasteiger partial charge in [-0.1, -0.05) is 24.3 Å². The molecule has 0 aliphatic heterocycles. The number of anilines is 1. The third-order valence-electron chi connectivity index (χ3n) is 3.95. The number of amides is 2. The number of benzene rings is 2. The number of nitro groups is 1. The van der Waals surface area contributed by atoms with E-state index >= 15 is 0 Å². The minimum absolute atomic E-state index is 0.107. The first kappa shape index (κ1) is 18.0. The second-order valence-electron chi connectivity index (χ2n) is 5.87. The number of nitrogens with one attached hydrogen (secondary N) is 2. The Labute approximate surface area is 154 Å². The standard InChI is InChI=1S/C19H16N4O4/c1-12(21-19(25)14-6-2-8-15(11-14)23(26)27)18(24)22-16-9-3-5-13-7-4-10-20-17(13)16/h2-12H,1H3,(H,21,25)(H,22,24). The van der Waals surface area contributed by atoms with Crippen LogP contribution in [0.15, 0.2) is 60.8 Å². The number of nitrogens with zero attached hydrogens (tertiary/aromatic N) is 2. The van der Waals surface area contributed by atoms with Crippen molar-refractivity contribution in [1.29, 1.82) is 0 Å². The highest BCUT2D eigenvalue weighted by atomic mass is 16.6. The molecule has 1 unspecified atom stereocenters. The van der Waals surface area contributed by atoms with Crippen LogP contribution in [0.2, 0.25) is 0 Å². The van der Waals surface area contributed by atoms with Gasteiger partial charge in [-0.25, -0.2) is 0 Å². The molecular formula is C19H16N4O4. The Morgan fingerprint density at radius 3 is 2.63 bits per heavy atom.